The molecule has 0 atom stereocenters. The number of carboxylic acid groups (broad SMARTS) is 1. The number of carboxylic acids is 1. The molecule has 0 fully saturated rings. The summed E-state index contributed by atoms with van der Waals surface area (Å²) in [4.78, 5) is 12.2. The average molecular weight is 228 g/mol. The van der Waals surface area contributed by atoms with E-state index in [9.17, 15) is 4.79 Å². The fraction of sp³-hybridized carbons (Fsp3) is 0.600. The smallest absolute Gasteiger partial charge is 0.304 e. The van der Waals surface area contributed by atoms with Gasteiger partial charge in [-0.2, -0.15) is 0 Å². The third-order valence-electron chi connectivity index (χ3n) is 2.03. The van der Waals surface area contributed by atoms with E-state index >= 15 is 0 Å². The summed E-state index contributed by atoms with van der Waals surface area (Å²) >= 11 is 0. The molecule has 0 amide bonds. The van der Waals surface area contributed by atoms with Crippen LogP contribution in [0, 0.1) is 0 Å². The van der Waals surface area contributed by atoms with Crippen molar-refractivity contribution < 1.29 is 19.2 Å². The van der Waals surface area contributed by atoms with Gasteiger partial charge >= 0.3 is 5.97 Å². The summed E-state index contributed by atoms with van der Waals surface area (Å²) in [5, 5.41) is 12.4. The summed E-state index contributed by atoms with van der Waals surface area (Å²) in [7, 11) is 3.43. The van der Waals surface area contributed by atoms with Crippen molar-refractivity contribution in [1.82, 2.24) is 10.1 Å². The van der Waals surface area contributed by atoms with E-state index in [1.165, 1.54) is 0 Å². The molecule has 0 bridgehead atoms. The Hall–Kier alpha value is -1.40. The minimum Gasteiger partial charge on any atom is -0.481 e. The highest BCUT2D eigenvalue weighted by molar-refractivity contribution is 5.66. The topological polar surface area (TPSA) is 75.8 Å². The maximum atomic E-state index is 10.4. The molecule has 0 spiro atoms. The molecule has 1 rings (SSSR count). The maximum Gasteiger partial charge on any atom is 0.304 e. The summed E-state index contributed by atoms with van der Waals surface area (Å²) in [5.74, 6) is -0.129. The summed E-state index contributed by atoms with van der Waals surface area (Å²) in [6, 6.07) is 1.81. The van der Waals surface area contributed by atoms with Crippen LogP contribution in [0.2, 0.25) is 0 Å². The van der Waals surface area contributed by atoms with Crippen molar-refractivity contribution in [1.29, 1.82) is 0 Å². The van der Waals surface area contributed by atoms with Crippen LogP contribution >= 0.6 is 0 Å². The van der Waals surface area contributed by atoms with Gasteiger partial charge in [-0.3, -0.25) is 9.69 Å². The molecule has 0 radical (unpaired) electrons. The molecule has 6 nitrogen and oxygen atoms in total. The molecular formula is C10H16N2O4. The first-order chi connectivity index (χ1) is 7.61. The Kier molecular flexibility index (Phi) is 4.94. The predicted molar refractivity (Wildman–Crippen MR) is 55.8 cm³/mol. The van der Waals surface area contributed by atoms with Crippen molar-refractivity contribution in [2.24, 2.45) is 0 Å². The van der Waals surface area contributed by atoms with Crippen LogP contribution in [0.15, 0.2) is 10.6 Å². The molecule has 6 heteroatoms. The Morgan fingerprint density at radius 1 is 1.69 bits per heavy atom. The van der Waals surface area contributed by atoms with Crippen LogP contribution < -0.4 is 0 Å². The van der Waals surface area contributed by atoms with Gasteiger partial charge in [-0.15, -0.1) is 0 Å². The number of aliphatic carboxylic acids is 1. The highest BCUT2D eigenvalue weighted by atomic mass is 16.5. The Morgan fingerprint density at radius 3 is 3.06 bits per heavy atom. The third kappa shape index (κ3) is 4.41. The molecule has 0 aliphatic heterocycles. The van der Waals surface area contributed by atoms with Crippen molar-refractivity contribution in [2.45, 2.75) is 19.6 Å². The minimum atomic E-state index is -0.799. The van der Waals surface area contributed by atoms with Gasteiger partial charge < -0.3 is 14.4 Å². The number of methoxy groups -OCH3 is 1. The zero-order valence-corrected chi connectivity index (χ0v) is 9.47. The standard InChI is InChI=1S/C10H16N2O4/c1-12(4-3-10(13)14)6-8-5-9(7-15-2)16-11-8/h5H,3-4,6-7H2,1-2H3,(H,13,14). The highest BCUT2D eigenvalue weighted by Gasteiger charge is 2.08. The van der Waals surface area contributed by atoms with Crippen LogP contribution in [0.3, 0.4) is 0 Å². The van der Waals surface area contributed by atoms with E-state index in [2.05, 4.69) is 5.16 Å². The Bertz CT molecular complexity index is 337. The van der Waals surface area contributed by atoms with Crippen LogP contribution in [0.4, 0.5) is 0 Å². The molecule has 0 unspecified atom stereocenters. The van der Waals surface area contributed by atoms with Crippen LogP contribution in [-0.2, 0) is 22.7 Å². The van der Waals surface area contributed by atoms with Crippen molar-refractivity contribution in [3.63, 3.8) is 0 Å². The van der Waals surface area contributed by atoms with Gasteiger partial charge in [-0.05, 0) is 7.05 Å². The molecule has 1 heterocycles. The van der Waals surface area contributed by atoms with Crippen molar-refractivity contribution >= 4 is 5.97 Å². The summed E-state index contributed by atoms with van der Waals surface area (Å²) in [5.41, 5.74) is 0.778. The van der Waals surface area contributed by atoms with Gasteiger partial charge in [0.15, 0.2) is 5.76 Å². The lowest BCUT2D eigenvalue weighted by molar-refractivity contribution is -0.137. The van der Waals surface area contributed by atoms with Crippen molar-refractivity contribution in [3.8, 4) is 0 Å². The lowest BCUT2D eigenvalue weighted by atomic mass is 10.3. The first-order valence-corrected chi connectivity index (χ1v) is 4.95. The van der Waals surface area contributed by atoms with E-state index in [0.717, 1.165) is 5.69 Å². The molecule has 1 aromatic heterocycles. The van der Waals surface area contributed by atoms with E-state index in [-0.39, 0.29) is 6.42 Å². The normalized spacial score (nSPS) is 10.9. The fourth-order valence-corrected chi connectivity index (χ4v) is 1.28. The lowest BCUT2D eigenvalue weighted by Crippen LogP contribution is -2.21. The number of hydrogen-bond acceptors (Lipinski definition) is 5. The molecule has 1 N–H and O–H groups in total. The van der Waals surface area contributed by atoms with Gasteiger partial charge in [0.25, 0.3) is 0 Å². The second kappa shape index (κ2) is 6.24. The largest absolute Gasteiger partial charge is 0.481 e. The van der Waals surface area contributed by atoms with Crippen molar-refractivity contribution in [3.05, 3.63) is 17.5 Å². The zero-order chi connectivity index (χ0) is 12.0. The van der Waals surface area contributed by atoms with Crippen LogP contribution in [-0.4, -0.2) is 41.8 Å². The van der Waals surface area contributed by atoms with Gasteiger partial charge in [0.1, 0.15) is 6.61 Å². The van der Waals surface area contributed by atoms with Gasteiger partial charge in [0.2, 0.25) is 0 Å². The zero-order valence-electron chi connectivity index (χ0n) is 9.47. The van der Waals surface area contributed by atoms with Crippen molar-refractivity contribution in [2.75, 3.05) is 20.7 Å². The molecule has 0 aliphatic carbocycles. The number of nitrogens with zero attached hydrogens (tertiary/aromatic N) is 2. The number of aromatic nitrogens is 1. The molecule has 16 heavy (non-hydrogen) atoms. The fourth-order valence-electron chi connectivity index (χ4n) is 1.28. The summed E-state index contributed by atoms with van der Waals surface area (Å²) in [6.07, 6.45) is 0.124. The second-order valence-electron chi connectivity index (χ2n) is 3.60. The highest BCUT2D eigenvalue weighted by Crippen LogP contribution is 2.07. The van der Waals surface area contributed by atoms with Gasteiger partial charge in [-0.25, -0.2) is 0 Å². The molecule has 90 valence electrons. The molecule has 0 aromatic carbocycles. The van der Waals surface area contributed by atoms with E-state index in [0.29, 0.717) is 25.5 Å². The lowest BCUT2D eigenvalue weighted by Gasteiger charge is -2.12. The van der Waals surface area contributed by atoms with E-state index in [1.54, 1.807) is 13.2 Å². The SMILES string of the molecule is COCc1cc(CN(C)CCC(=O)O)no1. The third-order valence-corrected chi connectivity index (χ3v) is 2.03. The van der Waals surface area contributed by atoms with Crippen LogP contribution in [0.1, 0.15) is 17.9 Å². The second-order valence-corrected chi connectivity index (χ2v) is 3.60. The predicted octanol–water partition coefficient (Wildman–Crippen LogP) is 0.728. The minimum absolute atomic E-state index is 0.124. The summed E-state index contributed by atoms with van der Waals surface area (Å²) in [6.45, 7) is 1.45. The Labute approximate surface area is 93.8 Å². The molecular weight excluding hydrogens is 212 g/mol. The Morgan fingerprint density at radius 2 is 2.44 bits per heavy atom. The first kappa shape index (κ1) is 12.7. The van der Waals surface area contributed by atoms with E-state index in [1.807, 2.05) is 11.9 Å². The van der Waals surface area contributed by atoms with E-state index < -0.39 is 5.97 Å². The monoisotopic (exact) mass is 228 g/mol. The molecule has 0 aliphatic rings. The average Bonchev–Trinajstić information content (AvgIpc) is 2.63. The molecule has 1 aromatic rings. The summed E-state index contributed by atoms with van der Waals surface area (Å²) < 4.78 is 9.91. The first-order valence-electron chi connectivity index (χ1n) is 4.95. The van der Waals surface area contributed by atoms with Gasteiger partial charge in [0, 0.05) is 26.3 Å². The quantitative estimate of drug-likeness (QED) is 0.741. The van der Waals surface area contributed by atoms with Gasteiger partial charge in [0.05, 0.1) is 12.1 Å². The number of hydrogen-bond donors (Lipinski definition) is 1. The number of ether oxygens (including phenoxy) is 1. The maximum absolute atomic E-state index is 10.4. The van der Waals surface area contributed by atoms with Crippen LogP contribution in [0.25, 0.3) is 0 Å². The molecule has 0 saturated heterocycles. The number of carbonyl (C=O) groups is 1. The number of rotatable bonds is 7. The van der Waals surface area contributed by atoms with E-state index in [4.69, 9.17) is 14.4 Å². The molecule has 0 saturated carbocycles. The van der Waals surface area contributed by atoms with Crippen LogP contribution in [0.5, 0.6) is 0 Å². The van der Waals surface area contributed by atoms with Gasteiger partial charge in [-0.1, -0.05) is 5.16 Å². The Balaban J connectivity index is 2.37.